The summed E-state index contributed by atoms with van der Waals surface area (Å²) in [5.74, 6) is 0.617. The summed E-state index contributed by atoms with van der Waals surface area (Å²) in [7, 11) is 1.61. The van der Waals surface area contributed by atoms with Crippen molar-refractivity contribution in [2.24, 2.45) is 0 Å². The fraction of sp³-hybridized carbons (Fsp3) is 0.273. The predicted molar refractivity (Wildman–Crippen MR) is 65.0 cm³/mol. The van der Waals surface area contributed by atoms with Crippen molar-refractivity contribution >= 4 is 17.0 Å². The lowest BCUT2D eigenvalue weighted by atomic mass is 10.3. The van der Waals surface area contributed by atoms with Gasteiger partial charge in [-0.1, -0.05) is 0 Å². The summed E-state index contributed by atoms with van der Waals surface area (Å²) in [6.07, 6.45) is 1.72. The Morgan fingerprint density at radius 2 is 2.31 bits per heavy atom. The minimum absolute atomic E-state index is 0.617. The van der Waals surface area contributed by atoms with E-state index in [2.05, 4.69) is 15.3 Å². The van der Waals surface area contributed by atoms with E-state index >= 15 is 0 Å². The molecule has 2 heterocycles. The van der Waals surface area contributed by atoms with E-state index in [1.54, 1.807) is 24.6 Å². The molecule has 0 fully saturated rings. The van der Waals surface area contributed by atoms with Crippen LogP contribution in [0.4, 0.5) is 5.69 Å². The maximum atomic E-state index is 5.05. The number of nitrogens with zero attached hydrogens (tertiary/aromatic N) is 2. The van der Waals surface area contributed by atoms with Crippen molar-refractivity contribution in [3.63, 3.8) is 0 Å². The average Bonchev–Trinajstić information content (AvgIpc) is 2.72. The van der Waals surface area contributed by atoms with Gasteiger partial charge in [-0.15, -0.1) is 11.3 Å². The minimum Gasteiger partial charge on any atom is -0.481 e. The number of rotatable bonds is 4. The van der Waals surface area contributed by atoms with E-state index in [9.17, 15) is 0 Å². The number of aromatic nitrogens is 2. The van der Waals surface area contributed by atoms with Crippen LogP contribution in [0.15, 0.2) is 23.8 Å². The summed E-state index contributed by atoms with van der Waals surface area (Å²) in [6.45, 7) is 2.80. The smallest absolute Gasteiger partial charge is 0.214 e. The van der Waals surface area contributed by atoms with E-state index in [0.717, 1.165) is 17.9 Å². The Balaban J connectivity index is 2.02. The molecule has 0 spiro atoms. The molecule has 0 aliphatic carbocycles. The van der Waals surface area contributed by atoms with Gasteiger partial charge in [-0.05, 0) is 13.0 Å². The van der Waals surface area contributed by atoms with E-state index in [-0.39, 0.29) is 0 Å². The normalized spacial score (nSPS) is 10.1. The largest absolute Gasteiger partial charge is 0.481 e. The first-order valence-electron chi connectivity index (χ1n) is 4.92. The number of nitrogens with one attached hydrogen (secondary N) is 1. The molecule has 0 amide bonds. The van der Waals surface area contributed by atoms with Crippen LogP contribution in [0.5, 0.6) is 5.88 Å². The van der Waals surface area contributed by atoms with E-state index in [1.165, 1.54) is 4.88 Å². The third-order valence-electron chi connectivity index (χ3n) is 2.24. The number of ether oxygens (including phenoxy) is 1. The summed E-state index contributed by atoms with van der Waals surface area (Å²) in [6, 6.07) is 3.79. The van der Waals surface area contributed by atoms with Gasteiger partial charge in [0.25, 0.3) is 0 Å². The number of hydrogen-bond acceptors (Lipinski definition) is 5. The third-order valence-corrected chi connectivity index (χ3v) is 3.18. The molecule has 2 aromatic heterocycles. The van der Waals surface area contributed by atoms with Gasteiger partial charge in [0.1, 0.15) is 0 Å². The second-order valence-corrected chi connectivity index (χ2v) is 4.24. The first kappa shape index (κ1) is 10.9. The van der Waals surface area contributed by atoms with Crippen LogP contribution in [0.2, 0.25) is 0 Å². The highest BCUT2D eigenvalue weighted by atomic mass is 32.1. The first-order chi connectivity index (χ1) is 7.79. The van der Waals surface area contributed by atoms with Gasteiger partial charge in [-0.3, -0.25) is 0 Å². The van der Waals surface area contributed by atoms with E-state index in [1.807, 2.05) is 24.6 Å². The Hall–Kier alpha value is -1.62. The fourth-order valence-electron chi connectivity index (χ4n) is 1.31. The molecule has 0 aliphatic rings. The molecule has 0 atom stereocenters. The molecule has 0 aromatic carbocycles. The monoisotopic (exact) mass is 235 g/mol. The molecule has 0 aliphatic heterocycles. The molecule has 0 saturated carbocycles. The van der Waals surface area contributed by atoms with Crippen LogP contribution in [0.25, 0.3) is 0 Å². The van der Waals surface area contributed by atoms with Gasteiger partial charge >= 0.3 is 0 Å². The second-order valence-electron chi connectivity index (χ2n) is 3.30. The maximum absolute atomic E-state index is 5.05. The van der Waals surface area contributed by atoms with E-state index in [4.69, 9.17) is 4.74 Å². The molecule has 84 valence electrons. The first-order valence-corrected chi connectivity index (χ1v) is 5.80. The highest BCUT2D eigenvalue weighted by molar-refractivity contribution is 7.09. The maximum Gasteiger partial charge on any atom is 0.214 e. The van der Waals surface area contributed by atoms with Gasteiger partial charge in [-0.25, -0.2) is 9.97 Å². The molecular formula is C11H13N3OS. The van der Waals surface area contributed by atoms with Gasteiger partial charge in [0.15, 0.2) is 0 Å². The van der Waals surface area contributed by atoms with Gasteiger partial charge < -0.3 is 10.1 Å². The van der Waals surface area contributed by atoms with Crippen LogP contribution in [-0.4, -0.2) is 17.1 Å². The van der Waals surface area contributed by atoms with Crippen LogP contribution >= 0.6 is 11.3 Å². The minimum atomic E-state index is 0.617. The van der Waals surface area contributed by atoms with Crippen LogP contribution in [0.3, 0.4) is 0 Å². The number of hydrogen-bond donors (Lipinski definition) is 1. The molecule has 16 heavy (non-hydrogen) atoms. The Kier molecular flexibility index (Phi) is 3.36. The lowest BCUT2D eigenvalue weighted by Crippen LogP contribution is -1.99. The average molecular weight is 235 g/mol. The molecule has 0 radical (unpaired) electrons. The summed E-state index contributed by atoms with van der Waals surface area (Å²) < 4.78 is 5.05. The van der Waals surface area contributed by atoms with Gasteiger partial charge in [0.05, 0.1) is 24.9 Å². The number of aryl methyl sites for hydroxylation is 1. The van der Waals surface area contributed by atoms with E-state index < -0.39 is 0 Å². The molecule has 0 bridgehead atoms. The summed E-state index contributed by atoms with van der Waals surface area (Å²) in [5, 5.41) is 3.31. The standard InChI is InChI=1S/C11H13N3OS/c1-8-10(16-7-14-8)6-13-9-3-4-12-11(5-9)15-2/h3-5,7H,6H2,1-2H3,(H,12,13). The number of methoxy groups -OCH3 is 1. The Morgan fingerprint density at radius 1 is 1.44 bits per heavy atom. The zero-order valence-electron chi connectivity index (χ0n) is 9.23. The summed E-state index contributed by atoms with van der Waals surface area (Å²) in [4.78, 5) is 9.50. The van der Waals surface area contributed by atoms with Crippen LogP contribution in [0.1, 0.15) is 10.6 Å². The molecular weight excluding hydrogens is 222 g/mol. The molecule has 1 N–H and O–H groups in total. The Labute approximate surface area is 98.3 Å². The van der Waals surface area contributed by atoms with Crippen molar-refractivity contribution in [3.05, 3.63) is 34.4 Å². The Morgan fingerprint density at radius 3 is 3.00 bits per heavy atom. The van der Waals surface area contributed by atoms with Gasteiger partial charge in [0, 0.05) is 22.8 Å². The number of pyridine rings is 1. The van der Waals surface area contributed by atoms with Crippen molar-refractivity contribution in [3.8, 4) is 5.88 Å². The molecule has 4 nitrogen and oxygen atoms in total. The van der Waals surface area contributed by atoms with Crippen LogP contribution in [-0.2, 0) is 6.54 Å². The van der Waals surface area contributed by atoms with Gasteiger partial charge in [0.2, 0.25) is 5.88 Å². The lowest BCUT2D eigenvalue weighted by molar-refractivity contribution is 0.398. The molecule has 2 rings (SSSR count). The molecule has 0 unspecified atom stereocenters. The lowest BCUT2D eigenvalue weighted by Gasteiger charge is -2.06. The number of anilines is 1. The quantitative estimate of drug-likeness (QED) is 0.884. The Bertz CT molecular complexity index is 470. The topological polar surface area (TPSA) is 47.0 Å². The molecule has 2 aromatic rings. The van der Waals surface area contributed by atoms with Crippen molar-refractivity contribution < 1.29 is 4.74 Å². The third kappa shape index (κ3) is 2.49. The SMILES string of the molecule is COc1cc(NCc2scnc2C)ccn1. The second kappa shape index (κ2) is 4.94. The van der Waals surface area contributed by atoms with E-state index in [0.29, 0.717) is 5.88 Å². The molecule has 5 heteroatoms. The van der Waals surface area contributed by atoms with Crippen molar-refractivity contribution in [2.75, 3.05) is 12.4 Å². The number of thiazole rings is 1. The highest BCUT2D eigenvalue weighted by Gasteiger charge is 2.01. The molecule has 0 saturated heterocycles. The zero-order chi connectivity index (χ0) is 11.4. The zero-order valence-corrected chi connectivity index (χ0v) is 10.0. The van der Waals surface area contributed by atoms with Crippen molar-refractivity contribution in [2.45, 2.75) is 13.5 Å². The van der Waals surface area contributed by atoms with Crippen molar-refractivity contribution in [1.82, 2.24) is 9.97 Å². The van der Waals surface area contributed by atoms with Crippen molar-refractivity contribution in [1.29, 1.82) is 0 Å². The van der Waals surface area contributed by atoms with Crippen LogP contribution < -0.4 is 10.1 Å². The summed E-state index contributed by atoms with van der Waals surface area (Å²) >= 11 is 1.66. The van der Waals surface area contributed by atoms with Crippen LogP contribution in [0, 0.1) is 6.92 Å². The summed E-state index contributed by atoms with van der Waals surface area (Å²) in [5.41, 5.74) is 3.94. The fourth-order valence-corrected chi connectivity index (χ4v) is 2.03. The highest BCUT2D eigenvalue weighted by Crippen LogP contribution is 2.17. The van der Waals surface area contributed by atoms with Gasteiger partial charge in [-0.2, -0.15) is 0 Å². The predicted octanol–water partition coefficient (Wildman–Crippen LogP) is 2.47.